The number of benzene rings is 2. The lowest BCUT2D eigenvalue weighted by atomic mass is 10.1. The van der Waals surface area contributed by atoms with Crippen molar-refractivity contribution in [1.29, 1.82) is 0 Å². The molecule has 5 nitrogen and oxygen atoms in total. The van der Waals surface area contributed by atoms with Crippen LogP contribution in [0.25, 0.3) is 16.7 Å². The second-order valence-electron chi connectivity index (χ2n) is 6.30. The standard InChI is InChI=1S/C20H16ClN3O2S/c1-12-3-6-16-14(8-19(25)26-18(16)7-12)10-27-20-23-22-11-24(20)15-5-4-13(2)17(21)9-15/h3-9,11H,10H2,1-2H3. The van der Waals surface area contributed by atoms with E-state index in [1.807, 2.05) is 54.8 Å². The van der Waals surface area contributed by atoms with Gasteiger partial charge in [0, 0.05) is 22.2 Å². The first-order chi connectivity index (χ1) is 13.0. The minimum absolute atomic E-state index is 0.351. The maximum Gasteiger partial charge on any atom is 0.336 e. The molecular weight excluding hydrogens is 382 g/mol. The number of rotatable bonds is 4. The fraction of sp³-hybridized carbons (Fsp3) is 0.150. The molecule has 0 amide bonds. The quantitative estimate of drug-likeness (QED) is 0.360. The third-order valence-corrected chi connectivity index (χ3v) is 5.69. The van der Waals surface area contributed by atoms with Gasteiger partial charge < -0.3 is 4.42 Å². The summed E-state index contributed by atoms with van der Waals surface area (Å²) in [5.41, 5.74) is 4.11. The van der Waals surface area contributed by atoms with Crippen LogP contribution in [-0.2, 0) is 5.75 Å². The molecule has 2 heterocycles. The van der Waals surface area contributed by atoms with E-state index in [4.69, 9.17) is 16.0 Å². The molecule has 0 bridgehead atoms. The van der Waals surface area contributed by atoms with Crippen LogP contribution in [0.3, 0.4) is 0 Å². The molecule has 0 radical (unpaired) electrons. The van der Waals surface area contributed by atoms with Gasteiger partial charge in [0.15, 0.2) is 5.16 Å². The van der Waals surface area contributed by atoms with Gasteiger partial charge in [0.2, 0.25) is 0 Å². The van der Waals surface area contributed by atoms with Gasteiger partial charge in [0.1, 0.15) is 11.9 Å². The molecule has 0 unspecified atom stereocenters. The normalized spacial score (nSPS) is 11.2. The lowest BCUT2D eigenvalue weighted by Gasteiger charge is -2.09. The van der Waals surface area contributed by atoms with E-state index in [-0.39, 0.29) is 5.63 Å². The van der Waals surface area contributed by atoms with Gasteiger partial charge in [-0.1, -0.05) is 41.6 Å². The van der Waals surface area contributed by atoms with Crippen molar-refractivity contribution in [2.75, 3.05) is 0 Å². The Morgan fingerprint density at radius 1 is 1.15 bits per heavy atom. The third-order valence-electron chi connectivity index (χ3n) is 4.29. The van der Waals surface area contributed by atoms with Gasteiger partial charge in [-0.15, -0.1) is 10.2 Å². The minimum Gasteiger partial charge on any atom is -0.423 e. The lowest BCUT2D eigenvalue weighted by molar-refractivity contribution is 0.559. The summed E-state index contributed by atoms with van der Waals surface area (Å²) in [6.07, 6.45) is 1.66. The van der Waals surface area contributed by atoms with Crippen LogP contribution in [0.5, 0.6) is 0 Å². The molecule has 0 fully saturated rings. The van der Waals surface area contributed by atoms with Gasteiger partial charge in [-0.2, -0.15) is 0 Å². The number of nitrogens with zero attached hydrogens (tertiary/aromatic N) is 3. The van der Waals surface area contributed by atoms with Gasteiger partial charge >= 0.3 is 5.63 Å². The van der Waals surface area contributed by atoms with Gasteiger partial charge in [-0.25, -0.2) is 4.79 Å². The molecule has 0 aliphatic heterocycles. The van der Waals surface area contributed by atoms with E-state index in [9.17, 15) is 4.79 Å². The van der Waals surface area contributed by atoms with Crippen LogP contribution in [-0.4, -0.2) is 14.8 Å². The van der Waals surface area contributed by atoms with Gasteiger partial charge in [0.25, 0.3) is 0 Å². The zero-order valence-electron chi connectivity index (χ0n) is 14.8. The summed E-state index contributed by atoms with van der Waals surface area (Å²) in [6.45, 7) is 3.93. The highest BCUT2D eigenvalue weighted by Gasteiger charge is 2.11. The van der Waals surface area contributed by atoms with Crippen LogP contribution < -0.4 is 5.63 Å². The van der Waals surface area contributed by atoms with E-state index in [1.165, 1.54) is 17.8 Å². The third kappa shape index (κ3) is 3.63. The molecule has 4 aromatic rings. The van der Waals surface area contributed by atoms with Crippen molar-refractivity contribution in [3.63, 3.8) is 0 Å². The van der Waals surface area contributed by atoms with E-state index in [2.05, 4.69) is 10.2 Å². The Morgan fingerprint density at radius 2 is 2.00 bits per heavy atom. The highest BCUT2D eigenvalue weighted by Crippen LogP contribution is 2.28. The first kappa shape index (κ1) is 17.8. The summed E-state index contributed by atoms with van der Waals surface area (Å²) in [5, 5.41) is 10.6. The summed E-state index contributed by atoms with van der Waals surface area (Å²) < 4.78 is 7.21. The second-order valence-corrected chi connectivity index (χ2v) is 7.65. The predicted octanol–water partition coefficient (Wildman–Crippen LogP) is 4.94. The van der Waals surface area contributed by atoms with Crippen molar-refractivity contribution < 1.29 is 4.42 Å². The van der Waals surface area contributed by atoms with Crippen molar-refractivity contribution in [1.82, 2.24) is 14.8 Å². The Labute approximate surface area is 165 Å². The number of fused-ring (bicyclic) bond motifs is 1. The Kier molecular flexibility index (Phi) is 4.76. The van der Waals surface area contributed by atoms with Gasteiger partial charge in [-0.3, -0.25) is 4.57 Å². The molecule has 136 valence electrons. The number of hydrogen-bond donors (Lipinski definition) is 0. The molecular formula is C20H16ClN3O2S. The first-order valence-electron chi connectivity index (χ1n) is 8.34. The zero-order valence-corrected chi connectivity index (χ0v) is 16.3. The zero-order chi connectivity index (χ0) is 19.0. The van der Waals surface area contributed by atoms with Crippen LogP contribution >= 0.6 is 23.4 Å². The molecule has 0 atom stereocenters. The maximum absolute atomic E-state index is 11.9. The summed E-state index contributed by atoms with van der Waals surface area (Å²) in [4.78, 5) is 11.9. The largest absolute Gasteiger partial charge is 0.423 e. The van der Waals surface area contributed by atoms with E-state index in [0.29, 0.717) is 16.4 Å². The van der Waals surface area contributed by atoms with Crippen molar-refractivity contribution in [2.45, 2.75) is 24.8 Å². The predicted molar refractivity (Wildman–Crippen MR) is 108 cm³/mol. The Morgan fingerprint density at radius 3 is 2.81 bits per heavy atom. The van der Waals surface area contributed by atoms with Crippen molar-refractivity contribution in [3.8, 4) is 5.69 Å². The summed E-state index contributed by atoms with van der Waals surface area (Å²) >= 11 is 7.75. The summed E-state index contributed by atoms with van der Waals surface area (Å²) in [7, 11) is 0. The second kappa shape index (κ2) is 7.21. The van der Waals surface area contributed by atoms with Gasteiger partial charge in [0.05, 0.1) is 5.69 Å². The molecule has 27 heavy (non-hydrogen) atoms. The van der Waals surface area contributed by atoms with Crippen LogP contribution in [0.2, 0.25) is 5.02 Å². The molecule has 0 saturated carbocycles. The molecule has 0 saturated heterocycles. The summed E-state index contributed by atoms with van der Waals surface area (Å²) in [5.74, 6) is 0.573. The number of aryl methyl sites for hydroxylation is 2. The first-order valence-corrected chi connectivity index (χ1v) is 9.70. The number of aromatic nitrogens is 3. The SMILES string of the molecule is Cc1ccc2c(CSc3nncn3-c3ccc(C)c(Cl)c3)cc(=O)oc2c1. The minimum atomic E-state index is -0.351. The summed E-state index contributed by atoms with van der Waals surface area (Å²) in [6, 6.07) is 13.2. The van der Waals surface area contributed by atoms with E-state index < -0.39 is 0 Å². The maximum atomic E-state index is 11.9. The lowest BCUT2D eigenvalue weighted by Crippen LogP contribution is -2.01. The van der Waals surface area contributed by atoms with Crippen molar-refractivity contribution >= 4 is 34.3 Å². The number of halogens is 1. The highest BCUT2D eigenvalue weighted by atomic mass is 35.5. The highest BCUT2D eigenvalue weighted by molar-refractivity contribution is 7.98. The van der Waals surface area contributed by atoms with Crippen LogP contribution in [0.4, 0.5) is 0 Å². The monoisotopic (exact) mass is 397 g/mol. The molecule has 0 aliphatic rings. The van der Waals surface area contributed by atoms with E-state index in [1.54, 1.807) is 6.33 Å². The van der Waals surface area contributed by atoms with Crippen LogP contribution in [0, 0.1) is 13.8 Å². The average Bonchev–Trinajstić information content (AvgIpc) is 3.10. The van der Waals surface area contributed by atoms with E-state index in [0.717, 1.165) is 32.9 Å². The molecule has 0 aliphatic carbocycles. The average molecular weight is 398 g/mol. The van der Waals surface area contributed by atoms with Crippen molar-refractivity contribution in [2.24, 2.45) is 0 Å². The molecule has 7 heteroatoms. The Balaban J connectivity index is 1.66. The Hall–Kier alpha value is -2.57. The van der Waals surface area contributed by atoms with Gasteiger partial charge in [-0.05, 0) is 48.7 Å². The number of thioether (sulfide) groups is 1. The molecule has 0 spiro atoms. The molecule has 2 aromatic carbocycles. The fourth-order valence-electron chi connectivity index (χ4n) is 2.83. The van der Waals surface area contributed by atoms with E-state index >= 15 is 0 Å². The molecule has 2 aromatic heterocycles. The smallest absolute Gasteiger partial charge is 0.336 e. The van der Waals surface area contributed by atoms with Crippen LogP contribution in [0.15, 0.2) is 63.2 Å². The molecule has 4 rings (SSSR count). The van der Waals surface area contributed by atoms with Crippen LogP contribution in [0.1, 0.15) is 16.7 Å². The number of hydrogen-bond acceptors (Lipinski definition) is 5. The topological polar surface area (TPSA) is 60.9 Å². The fourth-order valence-corrected chi connectivity index (χ4v) is 3.93. The Bertz CT molecular complexity index is 1200. The van der Waals surface area contributed by atoms with Crippen molar-refractivity contribution in [3.05, 3.63) is 80.9 Å². The molecule has 0 N–H and O–H groups in total.